The Morgan fingerprint density at radius 3 is 2.48 bits per heavy atom. The lowest BCUT2D eigenvalue weighted by Crippen LogP contribution is -2.49. The molecule has 1 heterocycles. The number of rotatable bonds is 4. The normalized spacial score (nSPS) is 22.8. The van der Waals surface area contributed by atoms with Crippen molar-refractivity contribution < 1.29 is 5.11 Å². The fourth-order valence-corrected chi connectivity index (χ4v) is 4.78. The Kier molecular flexibility index (Phi) is 5.07. The summed E-state index contributed by atoms with van der Waals surface area (Å²) >= 11 is 0. The molecule has 3 heteroatoms. The molecule has 3 nitrogen and oxygen atoms in total. The van der Waals surface area contributed by atoms with E-state index < -0.39 is 5.60 Å². The number of nitrogens with zero attached hydrogens (tertiary/aromatic N) is 1. The minimum absolute atomic E-state index is 0.192. The molecular formula is C22H30N2O. The van der Waals surface area contributed by atoms with E-state index >= 15 is 0 Å². The van der Waals surface area contributed by atoms with Crippen LogP contribution in [-0.4, -0.2) is 48.3 Å². The predicted molar refractivity (Wildman–Crippen MR) is 104 cm³/mol. The zero-order valence-electron chi connectivity index (χ0n) is 15.1. The van der Waals surface area contributed by atoms with E-state index in [0.29, 0.717) is 0 Å². The highest BCUT2D eigenvalue weighted by Crippen LogP contribution is 2.42. The molecule has 1 aliphatic carbocycles. The minimum Gasteiger partial charge on any atom is -0.389 e. The largest absolute Gasteiger partial charge is 0.389 e. The first-order valence-corrected chi connectivity index (χ1v) is 9.89. The third-order valence-corrected chi connectivity index (χ3v) is 6.22. The summed E-state index contributed by atoms with van der Waals surface area (Å²) in [6, 6.07) is 15.2. The van der Waals surface area contributed by atoms with E-state index in [1.807, 2.05) is 0 Å². The molecule has 4 rings (SSSR count). The van der Waals surface area contributed by atoms with Crippen LogP contribution in [0.3, 0.4) is 0 Å². The van der Waals surface area contributed by atoms with Gasteiger partial charge in [0.25, 0.3) is 0 Å². The van der Waals surface area contributed by atoms with Gasteiger partial charge in [0.05, 0.1) is 5.60 Å². The first-order valence-electron chi connectivity index (χ1n) is 9.89. The van der Waals surface area contributed by atoms with E-state index in [-0.39, 0.29) is 5.92 Å². The van der Waals surface area contributed by atoms with Crippen molar-refractivity contribution in [2.75, 3.05) is 32.7 Å². The lowest BCUT2D eigenvalue weighted by molar-refractivity contribution is -0.0312. The highest BCUT2D eigenvalue weighted by Gasteiger charge is 2.40. The molecule has 1 aliphatic heterocycles. The molecule has 1 atom stereocenters. The molecule has 2 aromatic rings. The minimum atomic E-state index is -0.562. The number of hydrogen-bond acceptors (Lipinski definition) is 3. The zero-order chi connectivity index (χ0) is 17.1. The Morgan fingerprint density at radius 1 is 0.960 bits per heavy atom. The molecule has 1 unspecified atom stereocenters. The van der Waals surface area contributed by atoms with E-state index in [1.165, 1.54) is 22.8 Å². The molecule has 0 bridgehead atoms. The van der Waals surface area contributed by atoms with Crippen molar-refractivity contribution in [2.45, 2.75) is 43.6 Å². The molecule has 0 radical (unpaired) electrons. The van der Waals surface area contributed by atoms with Crippen LogP contribution in [0.2, 0.25) is 0 Å². The van der Waals surface area contributed by atoms with Crippen LogP contribution in [-0.2, 0) is 0 Å². The fraction of sp³-hybridized carbons (Fsp3) is 0.545. The van der Waals surface area contributed by atoms with Crippen molar-refractivity contribution in [3.05, 3.63) is 48.0 Å². The molecule has 1 saturated heterocycles. The summed E-state index contributed by atoms with van der Waals surface area (Å²) in [6.45, 7) is 5.24. The predicted octanol–water partition coefficient (Wildman–Crippen LogP) is 3.52. The zero-order valence-corrected chi connectivity index (χ0v) is 15.1. The summed E-state index contributed by atoms with van der Waals surface area (Å²) in [5.74, 6) is 0.192. The maximum absolute atomic E-state index is 11.6. The summed E-state index contributed by atoms with van der Waals surface area (Å²) in [4.78, 5) is 2.54. The second-order valence-electron chi connectivity index (χ2n) is 7.84. The molecule has 2 fully saturated rings. The van der Waals surface area contributed by atoms with Crippen LogP contribution in [0.15, 0.2) is 42.5 Å². The van der Waals surface area contributed by atoms with Gasteiger partial charge < -0.3 is 15.3 Å². The van der Waals surface area contributed by atoms with Gasteiger partial charge in [-0.15, -0.1) is 0 Å². The number of hydrogen-bond donors (Lipinski definition) is 2. The summed E-state index contributed by atoms with van der Waals surface area (Å²) < 4.78 is 0. The van der Waals surface area contributed by atoms with Gasteiger partial charge in [-0.2, -0.15) is 0 Å². The van der Waals surface area contributed by atoms with Gasteiger partial charge in [0.1, 0.15) is 0 Å². The van der Waals surface area contributed by atoms with Crippen LogP contribution < -0.4 is 5.32 Å². The lowest BCUT2D eigenvalue weighted by Gasteiger charge is -2.43. The highest BCUT2D eigenvalue weighted by molar-refractivity contribution is 5.86. The second-order valence-corrected chi connectivity index (χ2v) is 7.84. The smallest absolute Gasteiger partial charge is 0.0728 e. The van der Waals surface area contributed by atoms with Gasteiger partial charge in [0, 0.05) is 38.6 Å². The first kappa shape index (κ1) is 17.0. The van der Waals surface area contributed by atoms with Crippen LogP contribution in [0, 0.1) is 0 Å². The fourth-order valence-electron chi connectivity index (χ4n) is 4.78. The van der Waals surface area contributed by atoms with Crippen molar-refractivity contribution in [2.24, 2.45) is 0 Å². The first-order chi connectivity index (χ1) is 12.3. The van der Waals surface area contributed by atoms with Gasteiger partial charge in [-0.25, -0.2) is 0 Å². The number of nitrogens with one attached hydrogen (secondary N) is 1. The van der Waals surface area contributed by atoms with Gasteiger partial charge in [-0.3, -0.25) is 0 Å². The molecule has 2 aromatic carbocycles. The quantitative estimate of drug-likeness (QED) is 0.895. The van der Waals surface area contributed by atoms with Gasteiger partial charge in [0.15, 0.2) is 0 Å². The standard InChI is InChI=1S/C22H30N2O/c25-22(11-4-1-5-12-22)21(17-24-15-13-23-14-16-24)20-10-6-8-18-7-2-3-9-19(18)20/h2-3,6-10,21,23,25H,1,4-5,11-17H2. The van der Waals surface area contributed by atoms with Crippen molar-refractivity contribution in [3.63, 3.8) is 0 Å². The van der Waals surface area contributed by atoms with Crippen LogP contribution in [0.5, 0.6) is 0 Å². The van der Waals surface area contributed by atoms with Crippen LogP contribution in [0.25, 0.3) is 10.8 Å². The van der Waals surface area contributed by atoms with Crippen LogP contribution >= 0.6 is 0 Å². The van der Waals surface area contributed by atoms with Crippen molar-refractivity contribution in [3.8, 4) is 0 Å². The van der Waals surface area contributed by atoms with E-state index in [9.17, 15) is 5.11 Å². The van der Waals surface area contributed by atoms with E-state index in [2.05, 4.69) is 52.7 Å². The molecule has 0 amide bonds. The Balaban J connectivity index is 1.73. The summed E-state index contributed by atoms with van der Waals surface area (Å²) in [6.07, 6.45) is 5.44. The number of benzene rings is 2. The van der Waals surface area contributed by atoms with Crippen molar-refractivity contribution in [1.82, 2.24) is 10.2 Å². The lowest BCUT2D eigenvalue weighted by atomic mass is 9.71. The maximum atomic E-state index is 11.6. The topological polar surface area (TPSA) is 35.5 Å². The van der Waals surface area contributed by atoms with Crippen LogP contribution in [0.4, 0.5) is 0 Å². The third kappa shape index (κ3) is 3.59. The molecule has 2 N–H and O–H groups in total. The van der Waals surface area contributed by atoms with Crippen LogP contribution in [0.1, 0.15) is 43.6 Å². The Labute approximate surface area is 151 Å². The number of aliphatic hydroxyl groups is 1. The highest BCUT2D eigenvalue weighted by atomic mass is 16.3. The summed E-state index contributed by atoms with van der Waals surface area (Å²) in [5, 5.41) is 17.7. The van der Waals surface area contributed by atoms with Crippen molar-refractivity contribution in [1.29, 1.82) is 0 Å². The third-order valence-electron chi connectivity index (χ3n) is 6.22. The van der Waals surface area contributed by atoms with Crippen molar-refractivity contribution >= 4 is 10.8 Å². The Bertz CT molecular complexity index is 697. The summed E-state index contributed by atoms with van der Waals surface area (Å²) in [5.41, 5.74) is 0.772. The van der Waals surface area contributed by atoms with Gasteiger partial charge in [-0.1, -0.05) is 61.7 Å². The van der Waals surface area contributed by atoms with E-state index in [1.54, 1.807) is 0 Å². The number of piperazine rings is 1. The molecule has 0 aromatic heterocycles. The van der Waals surface area contributed by atoms with E-state index in [4.69, 9.17) is 0 Å². The average molecular weight is 338 g/mol. The van der Waals surface area contributed by atoms with Gasteiger partial charge >= 0.3 is 0 Å². The molecule has 25 heavy (non-hydrogen) atoms. The molecule has 134 valence electrons. The Morgan fingerprint density at radius 2 is 1.68 bits per heavy atom. The average Bonchev–Trinajstić information content (AvgIpc) is 2.67. The van der Waals surface area contributed by atoms with Gasteiger partial charge in [-0.05, 0) is 29.2 Å². The SMILES string of the molecule is OC1(C(CN2CCNCC2)c2cccc3ccccc23)CCCCC1. The Hall–Kier alpha value is -1.42. The summed E-state index contributed by atoms with van der Waals surface area (Å²) in [7, 11) is 0. The molecular weight excluding hydrogens is 308 g/mol. The molecule has 1 saturated carbocycles. The second kappa shape index (κ2) is 7.45. The monoisotopic (exact) mass is 338 g/mol. The molecule has 0 spiro atoms. The molecule has 2 aliphatic rings. The maximum Gasteiger partial charge on any atom is 0.0728 e. The van der Waals surface area contributed by atoms with E-state index in [0.717, 1.165) is 58.4 Å². The number of fused-ring (bicyclic) bond motifs is 1. The van der Waals surface area contributed by atoms with Gasteiger partial charge in [0.2, 0.25) is 0 Å².